The Bertz CT molecular complexity index is 1480. The summed E-state index contributed by atoms with van der Waals surface area (Å²) in [6.45, 7) is 0. The molecule has 0 aliphatic heterocycles. The van der Waals surface area contributed by atoms with Gasteiger partial charge in [-0.05, 0) is 60.7 Å². The Kier molecular flexibility index (Phi) is 7.05. The number of primary amides is 1. The fourth-order valence-electron chi connectivity index (χ4n) is 4.38. The van der Waals surface area contributed by atoms with Crippen LogP contribution in [-0.2, 0) is 0 Å². The molecule has 1 aliphatic rings. The van der Waals surface area contributed by atoms with Crippen LogP contribution >= 0.6 is 0 Å². The number of benzene rings is 2. The fraction of sp³-hybridized carbons (Fsp3) is 0.296. The molecule has 3 N–H and O–H groups in total. The van der Waals surface area contributed by atoms with Gasteiger partial charge in [-0.1, -0.05) is 19.3 Å². The summed E-state index contributed by atoms with van der Waals surface area (Å²) in [5.74, 6) is -5.12. The maximum Gasteiger partial charge on any atom is 0.573 e. The first-order valence-electron chi connectivity index (χ1n) is 13.4. The Hall–Kier alpha value is -4.35. The highest BCUT2D eigenvalue weighted by molar-refractivity contribution is 6.07. The largest absolute Gasteiger partial charge is 0.573 e. The van der Waals surface area contributed by atoms with Crippen LogP contribution in [0.25, 0.3) is 0 Å². The van der Waals surface area contributed by atoms with E-state index in [1.54, 1.807) is 0 Å². The summed E-state index contributed by atoms with van der Waals surface area (Å²) in [5, 5.41) is 2.43. The number of carbonyl (C=O) groups is 2. The predicted octanol–water partition coefficient (Wildman–Crippen LogP) is 6.32. The number of aromatic nitrogens is 1. The van der Waals surface area contributed by atoms with E-state index in [0.29, 0.717) is 11.6 Å². The molecule has 1 aromatic heterocycles. The van der Waals surface area contributed by atoms with Crippen LogP contribution in [0.15, 0.2) is 48.7 Å². The first-order valence-corrected chi connectivity index (χ1v) is 11.9. The number of halogens is 4. The molecule has 1 heterocycles. The van der Waals surface area contributed by atoms with E-state index in [-0.39, 0.29) is 23.0 Å². The maximum absolute atomic E-state index is 15.7. The molecule has 206 valence electrons. The molecule has 1 fully saturated rings. The SMILES string of the molecule is [2H]C([2H])([2H])Oc1cc(OC(F)(F)F)ccc1Oc1cc(C2CCCCC2)cc(F)c1C(=O)Nc1ccnc(C(N)=O)c1. The third kappa shape index (κ3) is 6.95. The lowest BCUT2D eigenvalue weighted by Crippen LogP contribution is -2.18. The molecule has 39 heavy (non-hydrogen) atoms. The van der Waals surface area contributed by atoms with Crippen molar-refractivity contribution in [1.29, 1.82) is 0 Å². The molecule has 0 unspecified atom stereocenters. The average molecular weight is 551 g/mol. The van der Waals surface area contributed by atoms with Crippen molar-refractivity contribution >= 4 is 17.5 Å². The number of rotatable bonds is 8. The van der Waals surface area contributed by atoms with E-state index >= 15 is 4.39 Å². The standard InChI is InChI=1S/C27H25F4N3O5/c1-37-22-14-18(39-27(29,30)31)7-8-21(22)38-23-12-16(15-5-3-2-4-6-15)11-19(28)24(23)26(36)34-17-9-10-33-20(13-17)25(32)35/h7-15H,2-6H2,1H3,(H2,32,35)(H,33,34,36)/i1D3. The number of carbonyl (C=O) groups excluding carboxylic acids is 2. The van der Waals surface area contributed by atoms with Crippen molar-refractivity contribution in [2.75, 3.05) is 12.4 Å². The van der Waals surface area contributed by atoms with Gasteiger partial charge in [-0.3, -0.25) is 14.6 Å². The molecule has 1 saturated carbocycles. The molecule has 0 saturated heterocycles. The number of hydrogen-bond acceptors (Lipinski definition) is 6. The molecule has 1 aliphatic carbocycles. The zero-order valence-corrected chi connectivity index (χ0v) is 20.3. The molecule has 0 bridgehead atoms. The van der Waals surface area contributed by atoms with Gasteiger partial charge in [0.2, 0.25) is 0 Å². The maximum atomic E-state index is 15.7. The molecule has 8 nitrogen and oxygen atoms in total. The van der Waals surface area contributed by atoms with Crippen LogP contribution in [0.5, 0.6) is 23.0 Å². The first-order chi connectivity index (χ1) is 19.7. The topological polar surface area (TPSA) is 113 Å². The van der Waals surface area contributed by atoms with Crippen LogP contribution in [0.1, 0.15) is 68.5 Å². The Morgan fingerprint density at radius 2 is 1.82 bits per heavy atom. The predicted molar refractivity (Wildman–Crippen MR) is 133 cm³/mol. The van der Waals surface area contributed by atoms with Crippen LogP contribution in [-0.4, -0.2) is 30.2 Å². The zero-order chi connectivity index (χ0) is 30.7. The van der Waals surface area contributed by atoms with Gasteiger partial charge >= 0.3 is 6.36 Å². The van der Waals surface area contributed by atoms with Gasteiger partial charge in [-0.2, -0.15) is 0 Å². The van der Waals surface area contributed by atoms with Gasteiger partial charge in [-0.25, -0.2) is 4.39 Å². The average Bonchev–Trinajstić information content (AvgIpc) is 2.88. The van der Waals surface area contributed by atoms with Crippen molar-refractivity contribution in [1.82, 2.24) is 4.98 Å². The van der Waals surface area contributed by atoms with Gasteiger partial charge < -0.3 is 25.3 Å². The van der Waals surface area contributed by atoms with E-state index in [4.69, 9.17) is 19.3 Å². The number of alkyl halides is 3. The third-order valence-electron chi connectivity index (χ3n) is 6.13. The summed E-state index contributed by atoms with van der Waals surface area (Å²) in [6.07, 6.45) is 0.480. The van der Waals surface area contributed by atoms with Gasteiger partial charge in [0.1, 0.15) is 28.6 Å². The van der Waals surface area contributed by atoms with Crippen LogP contribution in [0.3, 0.4) is 0 Å². The van der Waals surface area contributed by atoms with Crippen LogP contribution in [0.4, 0.5) is 23.2 Å². The smallest absolute Gasteiger partial charge is 0.493 e. The lowest BCUT2D eigenvalue weighted by Gasteiger charge is -2.24. The molecule has 2 amide bonds. The lowest BCUT2D eigenvalue weighted by atomic mass is 9.83. The molecular formula is C27H25F4N3O5. The Balaban J connectivity index is 1.77. The summed E-state index contributed by atoms with van der Waals surface area (Å²) >= 11 is 0. The second kappa shape index (κ2) is 11.6. The minimum atomic E-state index is -5.08. The molecule has 2 aromatic carbocycles. The van der Waals surface area contributed by atoms with Crippen molar-refractivity contribution in [3.8, 4) is 23.0 Å². The molecule has 12 heteroatoms. The van der Waals surface area contributed by atoms with Gasteiger partial charge in [-0.15, -0.1) is 13.2 Å². The highest BCUT2D eigenvalue weighted by atomic mass is 19.4. The Labute approximate surface area is 225 Å². The number of pyridine rings is 1. The Morgan fingerprint density at radius 1 is 1.05 bits per heavy atom. The second-order valence-corrected chi connectivity index (χ2v) is 8.82. The molecular weight excluding hydrogens is 522 g/mol. The number of ether oxygens (including phenoxy) is 3. The zero-order valence-electron chi connectivity index (χ0n) is 23.3. The van der Waals surface area contributed by atoms with E-state index in [0.717, 1.165) is 44.2 Å². The summed E-state index contributed by atoms with van der Waals surface area (Å²) in [4.78, 5) is 28.6. The minimum Gasteiger partial charge on any atom is -0.493 e. The monoisotopic (exact) mass is 550 g/mol. The van der Waals surface area contributed by atoms with Crippen molar-refractivity contribution in [2.45, 2.75) is 44.4 Å². The summed E-state index contributed by atoms with van der Waals surface area (Å²) in [7, 11) is -3.11. The quantitative estimate of drug-likeness (QED) is 0.318. The molecule has 4 rings (SSSR count). The number of nitrogens with two attached hydrogens (primary N) is 1. The summed E-state index contributed by atoms with van der Waals surface area (Å²) in [5.41, 5.74) is 5.06. The number of methoxy groups -OCH3 is 1. The van der Waals surface area contributed by atoms with Crippen molar-refractivity contribution in [2.24, 2.45) is 5.73 Å². The van der Waals surface area contributed by atoms with E-state index < -0.39 is 53.8 Å². The normalized spacial score (nSPS) is 15.4. The number of nitrogens with zero attached hydrogens (tertiary/aromatic N) is 1. The van der Waals surface area contributed by atoms with Gasteiger partial charge in [0.25, 0.3) is 11.8 Å². The van der Waals surface area contributed by atoms with Crippen LogP contribution in [0, 0.1) is 5.82 Å². The molecule has 0 atom stereocenters. The van der Waals surface area contributed by atoms with Crippen molar-refractivity contribution in [3.63, 3.8) is 0 Å². The van der Waals surface area contributed by atoms with E-state index in [1.807, 2.05) is 0 Å². The molecule has 0 spiro atoms. The Morgan fingerprint density at radius 3 is 2.51 bits per heavy atom. The highest BCUT2D eigenvalue weighted by Gasteiger charge is 2.32. The molecule has 0 radical (unpaired) electrons. The first kappa shape index (κ1) is 23.7. The summed E-state index contributed by atoms with van der Waals surface area (Å²) < 4.78 is 90.8. The van der Waals surface area contributed by atoms with E-state index in [1.165, 1.54) is 30.5 Å². The number of hydrogen-bond donors (Lipinski definition) is 2. The number of amides is 2. The highest BCUT2D eigenvalue weighted by Crippen LogP contribution is 2.41. The summed E-state index contributed by atoms with van der Waals surface area (Å²) in [6, 6.07) is 7.58. The molecule has 3 aromatic rings. The minimum absolute atomic E-state index is 0.0494. The van der Waals surface area contributed by atoms with Crippen molar-refractivity contribution in [3.05, 3.63) is 71.3 Å². The fourth-order valence-corrected chi connectivity index (χ4v) is 4.38. The number of nitrogens with one attached hydrogen (secondary N) is 1. The van der Waals surface area contributed by atoms with Gasteiger partial charge in [0.05, 0.1) is 11.2 Å². The van der Waals surface area contributed by atoms with Gasteiger partial charge in [0.15, 0.2) is 11.5 Å². The lowest BCUT2D eigenvalue weighted by molar-refractivity contribution is -0.274. The number of anilines is 1. The second-order valence-electron chi connectivity index (χ2n) is 8.82. The van der Waals surface area contributed by atoms with Crippen LogP contribution in [0.2, 0.25) is 0 Å². The van der Waals surface area contributed by atoms with Crippen molar-refractivity contribution < 1.29 is 45.5 Å². The van der Waals surface area contributed by atoms with Gasteiger partial charge in [0, 0.05) is 18.0 Å². The van der Waals surface area contributed by atoms with Crippen LogP contribution < -0.4 is 25.3 Å². The third-order valence-corrected chi connectivity index (χ3v) is 6.13. The van der Waals surface area contributed by atoms with E-state index in [2.05, 4.69) is 15.0 Å². The van der Waals surface area contributed by atoms with E-state index in [9.17, 15) is 22.8 Å².